The SMILES string of the molecule is O=C1CNCCN1Cc1ccc(F)c(Br)c1. The van der Waals surface area contributed by atoms with Gasteiger partial charge in [-0.1, -0.05) is 6.07 Å². The monoisotopic (exact) mass is 286 g/mol. The van der Waals surface area contributed by atoms with E-state index < -0.39 is 0 Å². The van der Waals surface area contributed by atoms with Crippen molar-refractivity contribution in [2.24, 2.45) is 0 Å². The number of halogens is 2. The number of rotatable bonds is 2. The van der Waals surface area contributed by atoms with Gasteiger partial charge in [0.05, 0.1) is 11.0 Å². The zero-order valence-electron chi connectivity index (χ0n) is 8.67. The summed E-state index contributed by atoms with van der Waals surface area (Å²) in [4.78, 5) is 13.3. The molecule has 1 aliphatic rings. The first-order valence-corrected chi connectivity index (χ1v) is 5.88. The fraction of sp³-hybridized carbons (Fsp3) is 0.364. The molecule has 86 valence electrons. The summed E-state index contributed by atoms with van der Waals surface area (Å²) < 4.78 is 13.5. The molecule has 1 N–H and O–H groups in total. The first kappa shape index (κ1) is 11.5. The average Bonchev–Trinajstić information content (AvgIpc) is 2.27. The van der Waals surface area contributed by atoms with Gasteiger partial charge in [0.2, 0.25) is 5.91 Å². The summed E-state index contributed by atoms with van der Waals surface area (Å²) in [5.74, 6) is -0.193. The van der Waals surface area contributed by atoms with Crippen LogP contribution in [0.25, 0.3) is 0 Å². The molecule has 1 aromatic carbocycles. The lowest BCUT2D eigenvalue weighted by Gasteiger charge is -2.27. The molecule has 0 radical (unpaired) electrons. The maximum Gasteiger partial charge on any atom is 0.236 e. The zero-order valence-corrected chi connectivity index (χ0v) is 10.3. The summed E-state index contributed by atoms with van der Waals surface area (Å²) in [6, 6.07) is 4.83. The Labute approximate surface area is 102 Å². The number of carbonyl (C=O) groups is 1. The van der Waals surface area contributed by atoms with E-state index in [1.54, 1.807) is 17.0 Å². The highest BCUT2D eigenvalue weighted by Gasteiger charge is 2.17. The van der Waals surface area contributed by atoms with Crippen LogP contribution in [0, 0.1) is 5.82 Å². The van der Waals surface area contributed by atoms with Crippen LogP contribution < -0.4 is 5.32 Å². The van der Waals surface area contributed by atoms with Gasteiger partial charge in [0.1, 0.15) is 5.82 Å². The van der Waals surface area contributed by atoms with Gasteiger partial charge in [-0.15, -0.1) is 0 Å². The fourth-order valence-electron chi connectivity index (χ4n) is 1.67. The van der Waals surface area contributed by atoms with Crippen molar-refractivity contribution in [3.63, 3.8) is 0 Å². The third kappa shape index (κ3) is 2.59. The molecule has 0 aromatic heterocycles. The van der Waals surface area contributed by atoms with Gasteiger partial charge in [0.15, 0.2) is 0 Å². The average molecular weight is 287 g/mol. The number of nitrogens with zero attached hydrogens (tertiary/aromatic N) is 1. The summed E-state index contributed by atoms with van der Waals surface area (Å²) in [7, 11) is 0. The lowest BCUT2D eigenvalue weighted by atomic mass is 10.2. The molecule has 1 aromatic rings. The first-order chi connectivity index (χ1) is 7.66. The molecule has 16 heavy (non-hydrogen) atoms. The third-order valence-electron chi connectivity index (χ3n) is 2.54. The number of nitrogens with one attached hydrogen (secondary N) is 1. The second kappa shape index (κ2) is 4.93. The topological polar surface area (TPSA) is 32.3 Å². The van der Waals surface area contributed by atoms with Crippen LogP contribution in [-0.4, -0.2) is 30.4 Å². The predicted molar refractivity (Wildman–Crippen MR) is 62.4 cm³/mol. The molecule has 1 aliphatic heterocycles. The van der Waals surface area contributed by atoms with E-state index in [-0.39, 0.29) is 11.7 Å². The first-order valence-electron chi connectivity index (χ1n) is 5.09. The Morgan fingerprint density at radius 2 is 2.31 bits per heavy atom. The minimum absolute atomic E-state index is 0.0895. The van der Waals surface area contributed by atoms with Gasteiger partial charge in [-0.25, -0.2) is 4.39 Å². The third-order valence-corrected chi connectivity index (χ3v) is 3.15. The van der Waals surface area contributed by atoms with Crippen molar-refractivity contribution in [3.8, 4) is 0 Å². The molecule has 0 aliphatic carbocycles. The Bertz CT molecular complexity index is 411. The maximum absolute atomic E-state index is 13.0. The quantitative estimate of drug-likeness (QED) is 0.894. The molecule has 0 unspecified atom stereocenters. The number of hydrogen-bond acceptors (Lipinski definition) is 2. The predicted octanol–water partition coefficient (Wildman–Crippen LogP) is 1.52. The molecular formula is C11H12BrFN2O. The van der Waals surface area contributed by atoms with Crippen LogP contribution in [0.15, 0.2) is 22.7 Å². The second-order valence-corrected chi connectivity index (χ2v) is 4.59. The number of benzene rings is 1. The van der Waals surface area contributed by atoms with Gasteiger partial charge >= 0.3 is 0 Å². The summed E-state index contributed by atoms with van der Waals surface area (Å²) >= 11 is 3.14. The van der Waals surface area contributed by atoms with E-state index >= 15 is 0 Å². The van der Waals surface area contributed by atoms with Crippen LogP contribution in [0.4, 0.5) is 4.39 Å². The lowest BCUT2D eigenvalue weighted by Crippen LogP contribution is -2.47. The Morgan fingerprint density at radius 3 is 3.00 bits per heavy atom. The van der Waals surface area contributed by atoms with Crippen LogP contribution in [0.5, 0.6) is 0 Å². The smallest absolute Gasteiger partial charge is 0.236 e. The Balaban J connectivity index is 2.08. The van der Waals surface area contributed by atoms with Gasteiger partial charge in [0, 0.05) is 19.6 Å². The Morgan fingerprint density at radius 1 is 1.50 bits per heavy atom. The van der Waals surface area contributed by atoms with Gasteiger partial charge in [-0.2, -0.15) is 0 Å². The van der Waals surface area contributed by atoms with E-state index in [4.69, 9.17) is 0 Å². The van der Waals surface area contributed by atoms with Gasteiger partial charge in [-0.05, 0) is 33.6 Å². The molecule has 0 saturated carbocycles. The van der Waals surface area contributed by atoms with Crippen molar-refractivity contribution in [1.29, 1.82) is 0 Å². The van der Waals surface area contributed by atoms with Gasteiger partial charge < -0.3 is 10.2 Å². The number of carbonyl (C=O) groups excluding carboxylic acids is 1. The maximum atomic E-state index is 13.0. The molecule has 2 rings (SSSR count). The van der Waals surface area contributed by atoms with Crippen LogP contribution in [0.3, 0.4) is 0 Å². The van der Waals surface area contributed by atoms with E-state index in [1.807, 2.05) is 0 Å². The lowest BCUT2D eigenvalue weighted by molar-refractivity contribution is -0.132. The molecule has 1 fully saturated rings. The van der Waals surface area contributed by atoms with Crippen molar-refractivity contribution in [2.75, 3.05) is 19.6 Å². The molecular weight excluding hydrogens is 275 g/mol. The summed E-state index contributed by atoms with van der Waals surface area (Å²) in [5, 5.41) is 3.01. The zero-order chi connectivity index (χ0) is 11.5. The van der Waals surface area contributed by atoms with Crippen LogP contribution >= 0.6 is 15.9 Å². The number of amides is 1. The van der Waals surface area contributed by atoms with Crippen molar-refractivity contribution >= 4 is 21.8 Å². The fourth-order valence-corrected chi connectivity index (χ4v) is 2.10. The highest BCUT2D eigenvalue weighted by atomic mass is 79.9. The minimum Gasteiger partial charge on any atom is -0.336 e. The van der Waals surface area contributed by atoms with E-state index in [0.717, 1.165) is 12.1 Å². The van der Waals surface area contributed by atoms with Gasteiger partial charge in [0.25, 0.3) is 0 Å². The largest absolute Gasteiger partial charge is 0.336 e. The Kier molecular flexibility index (Phi) is 3.56. The van der Waals surface area contributed by atoms with Crippen LogP contribution in [0.1, 0.15) is 5.56 Å². The van der Waals surface area contributed by atoms with Crippen molar-refractivity contribution in [1.82, 2.24) is 10.2 Å². The molecule has 1 saturated heterocycles. The molecule has 0 atom stereocenters. The Hall–Kier alpha value is -0.940. The van der Waals surface area contributed by atoms with Crippen LogP contribution in [-0.2, 0) is 11.3 Å². The van der Waals surface area contributed by atoms with E-state index in [2.05, 4.69) is 21.2 Å². The molecule has 0 bridgehead atoms. The van der Waals surface area contributed by atoms with E-state index in [9.17, 15) is 9.18 Å². The molecule has 0 spiro atoms. The van der Waals surface area contributed by atoms with Crippen molar-refractivity contribution < 1.29 is 9.18 Å². The van der Waals surface area contributed by atoms with Gasteiger partial charge in [-0.3, -0.25) is 4.79 Å². The summed E-state index contributed by atoms with van der Waals surface area (Å²) in [5.41, 5.74) is 0.934. The summed E-state index contributed by atoms with van der Waals surface area (Å²) in [6.07, 6.45) is 0. The van der Waals surface area contributed by atoms with E-state index in [0.29, 0.717) is 24.1 Å². The van der Waals surface area contributed by atoms with Crippen LogP contribution in [0.2, 0.25) is 0 Å². The highest BCUT2D eigenvalue weighted by Crippen LogP contribution is 2.18. The second-order valence-electron chi connectivity index (χ2n) is 3.74. The number of hydrogen-bond donors (Lipinski definition) is 1. The highest BCUT2D eigenvalue weighted by molar-refractivity contribution is 9.10. The van der Waals surface area contributed by atoms with E-state index in [1.165, 1.54) is 6.07 Å². The molecule has 1 amide bonds. The standard InChI is InChI=1S/C11H12BrFN2O/c12-9-5-8(1-2-10(9)13)7-15-4-3-14-6-11(15)16/h1-2,5,14H,3-4,6-7H2. The molecule has 1 heterocycles. The molecule has 5 heteroatoms. The molecule has 3 nitrogen and oxygen atoms in total. The minimum atomic E-state index is -0.282. The van der Waals surface area contributed by atoms with Crippen molar-refractivity contribution in [3.05, 3.63) is 34.1 Å². The van der Waals surface area contributed by atoms with Crippen molar-refractivity contribution in [2.45, 2.75) is 6.54 Å². The number of piperazine rings is 1. The summed E-state index contributed by atoms with van der Waals surface area (Å²) in [6.45, 7) is 2.45. The normalized spacial score (nSPS) is 16.6.